The standard InChI is InChI=1S/C25H28N2O2/c1-15-7-9-18(10-8-15)21-19-13-16(2)27-23(19)22(17(3)20(21)14-28)26(4)24(29)25(27)11-5-6-12-25/h7-10,13,28H,5-6,11-12,14H2,1-4H3. The molecule has 0 saturated heterocycles. The van der Waals surface area contributed by atoms with E-state index in [1.54, 1.807) is 0 Å². The summed E-state index contributed by atoms with van der Waals surface area (Å²) in [6, 6.07) is 10.7. The van der Waals surface area contributed by atoms with E-state index < -0.39 is 5.54 Å². The summed E-state index contributed by atoms with van der Waals surface area (Å²) >= 11 is 0. The van der Waals surface area contributed by atoms with E-state index in [0.717, 1.165) is 70.2 Å². The molecular formula is C25H28N2O2. The Hall–Kier alpha value is -2.59. The minimum atomic E-state index is -0.453. The molecule has 1 aromatic heterocycles. The predicted octanol–water partition coefficient (Wildman–Crippen LogP) is 4.97. The first-order chi connectivity index (χ1) is 13.9. The van der Waals surface area contributed by atoms with Crippen molar-refractivity contribution in [1.29, 1.82) is 0 Å². The van der Waals surface area contributed by atoms with Crippen molar-refractivity contribution in [2.24, 2.45) is 0 Å². The number of fused-ring (bicyclic) bond motifs is 1. The first kappa shape index (κ1) is 18.4. The van der Waals surface area contributed by atoms with Crippen LogP contribution in [0, 0.1) is 20.8 Å². The third-order valence-electron chi connectivity index (χ3n) is 7.18. The SMILES string of the molecule is Cc1ccc(-c2c(CO)c(C)c3c4c2cc(C)n4C2(CCCC2)C(=O)N3C)cc1. The van der Waals surface area contributed by atoms with E-state index >= 15 is 0 Å². The third-order valence-corrected chi connectivity index (χ3v) is 7.18. The Morgan fingerprint density at radius 1 is 1.07 bits per heavy atom. The van der Waals surface area contributed by atoms with Crippen LogP contribution in [0.1, 0.15) is 48.1 Å². The lowest BCUT2D eigenvalue weighted by atomic mass is 9.87. The van der Waals surface area contributed by atoms with Crippen molar-refractivity contribution in [3.8, 4) is 11.1 Å². The number of amides is 1. The normalized spacial score (nSPS) is 17.7. The second kappa shape index (κ2) is 6.20. The van der Waals surface area contributed by atoms with Crippen LogP contribution in [0.5, 0.6) is 0 Å². The molecule has 0 bridgehead atoms. The van der Waals surface area contributed by atoms with Crippen LogP contribution in [-0.2, 0) is 16.9 Å². The molecule has 1 N–H and O–H groups in total. The highest BCUT2D eigenvalue weighted by atomic mass is 16.3. The molecule has 0 unspecified atom stereocenters. The fraction of sp³-hybridized carbons (Fsp3) is 0.400. The number of carbonyl (C=O) groups excluding carboxylic acids is 1. The number of hydrogen-bond donors (Lipinski definition) is 1. The topological polar surface area (TPSA) is 45.5 Å². The molecule has 1 aliphatic carbocycles. The monoisotopic (exact) mass is 388 g/mol. The number of rotatable bonds is 2. The average molecular weight is 389 g/mol. The summed E-state index contributed by atoms with van der Waals surface area (Å²) in [7, 11) is 1.91. The first-order valence-corrected chi connectivity index (χ1v) is 10.5. The van der Waals surface area contributed by atoms with Crippen LogP contribution in [0.15, 0.2) is 30.3 Å². The van der Waals surface area contributed by atoms with Gasteiger partial charge >= 0.3 is 0 Å². The molecule has 0 atom stereocenters. The zero-order valence-electron chi connectivity index (χ0n) is 17.7. The van der Waals surface area contributed by atoms with Gasteiger partial charge in [0.15, 0.2) is 0 Å². The van der Waals surface area contributed by atoms with Crippen molar-refractivity contribution in [2.75, 3.05) is 11.9 Å². The van der Waals surface area contributed by atoms with E-state index in [9.17, 15) is 9.90 Å². The fourth-order valence-corrected chi connectivity index (χ4v) is 5.85. The van der Waals surface area contributed by atoms with E-state index in [4.69, 9.17) is 0 Å². The van der Waals surface area contributed by atoms with Crippen molar-refractivity contribution < 1.29 is 9.90 Å². The summed E-state index contributed by atoms with van der Waals surface area (Å²) in [6.45, 7) is 6.20. The Morgan fingerprint density at radius 3 is 2.34 bits per heavy atom. The van der Waals surface area contributed by atoms with Crippen molar-refractivity contribution in [3.63, 3.8) is 0 Å². The van der Waals surface area contributed by atoms with Crippen molar-refractivity contribution in [2.45, 2.75) is 58.6 Å². The highest BCUT2D eigenvalue weighted by molar-refractivity contribution is 6.15. The maximum atomic E-state index is 13.6. The van der Waals surface area contributed by atoms with E-state index in [1.165, 1.54) is 5.56 Å². The molecule has 2 heterocycles. The van der Waals surface area contributed by atoms with Crippen LogP contribution in [-0.4, -0.2) is 22.6 Å². The number of hydrogen-bond acceptors (Lipinski definition) is 2. The molecule has 4 nitrogen and oxygen atoms in total. The summed E-state index contributed by atoms with van der Waals surface area (Å²) < 4.78 is 2.33. The molecule has 3 aromatic rings. The summed E-state index contributed by atoms with van der Waals surface area (Å²) in [6.07, 6.45) is 3.99. The minimum Gasteiger partial charge on any atom is -0.392 e. The van der Waals surface area contributed by atoms with Crippen LogP contribution in [0.4, 0.5) is 5.69 Å². The molecule has 1 saturated carbocycles. The quantitative estimate of drug-likeness (QED) is 0.674. The highest BCUT2D eigenvalue weighted by Gasteiger charge is 2.50. The van der Waals surface area contributed by atoms with Gasteiger partial charge in [-0.15, -0.1) is 0 Å². The summed E-state index contributed by atoms with van der Waals surface area (Å²) in [4.78, 5) is 15.5. The summed E-state index contributed by atoms with van der Waals surface area (Å²) in [5.41, 5.74) is 8.13. The van der Waals surface area contributed by atoms with Gasteiger partial charge in [-0.3, -0.25) is 4.79 Å². The zero-order valence-corrected chi connectivity index (χ0v) is 17.7. The Labute approximate surface area is 171 Å². The second-order valence-electron chi connectivity index (χ2n) is 8.84. The van der Waals surface area contributed by atoms with Gasteiger partial charge in [0, 0.05) is 18.1 Å². The van der Waals surface area contributed by atoms with Gasteiger partial charge in [0.2, 0.25) is 0 Å². The fourth-order valence-electron chi connectivity index (χ4n) is 5.85. The molecule has 1 aliphatic heterocycles. The maximum Gasteiger partial charge on any atom is 0.253 e. The average Bonchev–Trinajstić information content (AvgIpc) is 3.31. The van der Waals surface area contributed by atoms with Gasteiger partial charge in [-0.05, 0) is 61.9 Å². The molecule has 4 heteroatoms. The minimum absolute atomic E-state index is 0.0462. The Morgan fingerprint density at radius 2 is 1.72 bits per heavy atom. The molecule has 0 radical (unpaired) electrons. The van der Waals surface area contributed by atoms with Gasteiger partial charge in [0.05, 0.1) is 17.8 Å². The van der Waals surface area contributed by atoms with Gasteiger partial charge in [-0.1, -0.05) is 42.7 Å². The molecular weight excluding hydrogens is 360 g/mol. The second-order valence-corrected chi connectivity index (χ2v) is 8.84. The molecule has 29 heavy (non-hydrogen) atoms. The molecule has 1 spiro atoms. The van der Waals surface area contributed by atoms with Crippen LogP contribution in [0.25, 0.3) is 22.0 Å². The van der Waals surface area contributed by atoms with Gasteiger partial charge in [-0.2, -0.15) is 0 Å². The van der Waals surface area contributed by atoms with Crippen LogP contribution in [0.3, 0.4) is 0 Å². The number of aryl methyl sites for hydroxylation is 2. The molecule has 5 rings (SSSR count). The third kappa shape index (κ3) is 2.26. The molecule has 1 fully saturated rings. The van der Waals surface area contributed by atoms with Crippen LogP contribution < -0.4 is 4.90 Å². The van der Waals surface area contributed by atoms with E-state index in [0.29, 0.717) is 0 Å². The number of aliphatic hydroxyl groups is 1. The zero-order chi connectivity index (χ0) is 20.5. The van der Waals surface area contributed by atoms with Crippen molar-refractivity contribution in [1.82, 2.24) is 4.57 Å². The van der Waals surface area contributed by atoms with Gasteiger partial charge in [0.25, 0.3) is 5.91 Å². The first-order valence-electron chi connectivity index (χ1n) is 10.5. The van der Waals surface area contributed by atoms with E-state index in [1.807, 2.05) is 18.9 Å². The highest BCUT2D eigenvalue weighted by Crippen LogP contribution is 2.51. The van der Waals surface area contributed by atoms with Gasteiger partial charge < -0.3 is 14.6 Å². The largest absolute Gasteiger partial charge is 0.392 e. The lowest BCUT2D eigenvalue weighted by Gasteiger charge is -2.41. The number of aromatic nitrogens is 1. The van der Waals surface area contributed by atoms with E-state index in [-0.39, 0.29) is 12.5 Å². The Kier molecular flexibility index (Phi) is 3.94. The Bertz CT molecular complexity index is 1150. The Balaban J connectivity index is 1.95. The molecule has 2 aromatic carbocycles. The predicted molar refractivity (Wildman–Crippen MR) is 117 cm³/mol. The lowest BCUT2D eigenvalue weighted by molar-refractivity contribution is -0.127. The molecule has 150 valence electrons. The van der Waals surface area contributed by atoms with Crippen LogP contribution >= 0.6 is 0 Å². The number of anilines is 1. The molecule has 1 amide bonds. The summed E-state index contributed by atoms with van der Waals surface area (Å²) in [5, 5.41) is 11.5. The van der Waals surface area contributed by atoms with Crippen LogP contribution in [0.2, 0.25) is 0 Å². The van der Waals surface area contributed by atoms with Crippen molar-refractivity contribution in [3.05, 3.63) is 52.7 Å². The molecule has 2 aliphatic rings. The number of carbonyl (C=O) groups is 1. The number of nitrogens with zero attached hydrogens (tertiary/aromatic N) is 2. The number of likely N-dealkylation sites (N-methyl/N-ethyl adjacent to an activating group) is 1. The number of benzene rings is 2. The number of aliphatic hydroxyl groups excluding tert-OH is 1. The van der Waals surface area contributed by atoms with Crippen molar-refractivity contribution >= 4 is 22.5 Å². The summed E-state index contributed by atoms with van der Waals surface area (Å²) in [5.74, 6) is 0.193. The van der Waals surface area contributed by atoms with Gasteiger partial charge in [0.1, 0.15) is 5.54 Å². The van der Waals surface area contributed by atoms with Gasteiger partial charge in [-0.25, -0.2) is 0 Å². The van der Waals surface area contributed by atoms with E-state index in [2.05, 4.69) is 48.7 Å². The smallest absolute Gasteiger partial charge is 0.253 e. The maximum absolute atomic E-state index is 13.6. The lowest BCUT2D eigenvalue weighted by Crippen LogP contribution is -2.51.